The maximum Gasteiger partial charge on any atom is 0.278 e. The van der Waals surface area contributed by atoms with Gasteiger partial charge in [0.1, 0.15) is 0 Å². The van der Waals surface area contributed by atoms with Gasteiger partial charge in [0.15, 0.2) is 0 Å². The second-order valence-electron chi connectivity index (χ2n) is 4.64. The minimum atomic E-state index is -3.63. The fourth-order valence-electron chi connectivity index (χ4n) is 1.57. The molecule has 0 heterocycles. The van der Waals surface area contributed by atoms with Crippen LogP contribution < -0.4 is 9.03 Å². The first-order valence-electron chi connectivity index (χ1n) is 6.04. The van der Waals surface area contributed by atoms with Gasteiger partial charge in [-0.25, -0.2) is 13.1 Å². The number of hydrogen-bond donors (Lipinski definition) is 1. The number of halogens is 2. The molecule has 0 aliphatic rings. The van der Waals surface area contributed by atoms with Crippen LogP contribution in [0.25, 0.3) is 0 Å². The van der Waals surface area contributed by atoms with Gasteiger partial charge in [-0.1, -0.05) is 23.2 Å². The van der Waals surface area contributed by atoms with Gasteiger partial charge in [-0.2, -0.15) is 12.7 Å². The van der Waals surface area contributed by atoms with E-state index in [0.29, 0.717) is 0 Å². The van der Waals surface area contributed by atoms with Crippen LogP contribution in [0.5, 0.6) is 0 Å². The van der Waals surface area contributed by atoms with Crippen LogP contribution >= 0.6 is 23.2 Å². The Bertz CT molecular complexity index is 715. The molecular formula is C11H17Cl2N3O4S2. The first-order valence-corrected chi connectivity index (χ1v) is 10.1. The normalized spacial score (nSPS) is 12.6. The number of nitrogens with zero attached hydrogens (tertiary/aromatic N) is 2. The number of anilines is 1. The van der Waals surface area contributed by atoms with Crippen molar-refractivity contribution in [3.63, 3.8) is 0 Å². The van der Waals surface area contributed by atoms with Crippen molar-refractivity contribution in [2.45, 2.75) is 0 Å². The molecule has 0 atom stereocenters. The van der Waals surface area contributed by atoms with Crippen molar-refractivity contribution >= 4 is 49.1 Å². The molecule has 0 aliphatic carbocycles. The first kappa shape index (κ1) is 19.5. The molecule has 0 fully saturated rings. The highest BCUT2D eigenvalue weighted by Gasteiger charge is 2.20. The van der Waals surface area contributed by atoms with Crippen molar-refractivity contribution < 1.29 is 16.8 Å². The van der Waals surface area contributed by atoms with Crippen molar-refractivity contribution in [1.82, 2.24) is 9.03 Å². The summed E-state index contributed by atoms with van der Waals surface area (Å²) in [6.45, 7) is -0.194. The molecule has 0 bridgehead atoms. The van der Waals surface area contributed by atoms with Gasteiger partial charge < -0.3 is 0 Å². The summed E-state index contributed by atoms with van der Waals surface area (Å²) in [6, 6.07) is 4.35. The third-order valence-electron chi connectivity index (χ3n) is 2.62. The van der Waals surface area contributed by atoms with Crippen LogP contribution in [0.15, 0.2) is 18.2 Å². The molecule has 1 aromatic carbocycles. The molecule has 0 unspecified atom stereocenters. The lowest BCUT2D eigenvalue weighted by atomic mass is 10.3. The van der Waals surface area contributed by atoms with Crippen LogP contribution in [-0.4, -0.2) is 54.6 Å². The molecule has 22 heavy (non-hydrogen) atoms. The average molecular weight is 390 g/mol. The molecule has 126 valence electrons. The summed E-state index contributed by atoms with van der Waals surface area (Å²) < 4.78 is 51.3. The van der Waals surface area contributed by atoms with Gasteiger partial charge in [0.25, 0.3) is 10.2 Å². The molecule has 0 aliphatic heterocycles. The molecule has 1 N–H and O–H groups in total. The van der Waals surface area contributed by atoms with E-state index < -0.39 is 20.2 Å². The van der Waals surface area contributed by atoms with E-state index in [-0.39, 0.29) is 28.8 Å². The predicted octanol–water partition coefficient (Wildman–Crippen LogP) is 1.16. The van der Waals surface area contributed by atoms with Crippen molar-refractivity contribution in [2.75, 3.05) is 37.7 Å². The number of nitrogens with one attached hydrogen (secondary N) is 1. The highest BCUT2D eigenvalue weighted by atomic mass is 35.5. The van der Waals surface area contributed by atoms with E-state index in [1.165, 1.54) is 32.3 Å². The molecule has 7 nitrogen and oxygen atoms in total. The maximum absolute atomic E-state index is 11.9. The predicted molar refractivity (Wildman–Crippen MR) is 89.3 cm³/mol. The number of sulfonamides is 1. The minimum Gasteiger partial charge on any atom is -0.269 e. The number of hydrogen-bond acceptors (Lipinski definition) is 4. The van der Waals surface area contributed by atoms with Gasteiger partial charge in [0.05, 0.1) is 11.9 Å². The Labute approximate surface area is 141 Å². The van der Waals surface area contributed by atoms with Crippen LogP contribution in [0, 0.1) is 0 Å². The lowest BCUT2D eigenvalue weighted by molar-refractivity contribution is 0.506. The highest BCUT2D eigenvalue weighted by Crippen LogP contribution is 2.26. The largest absolute Gasteiger partial charge is 0.278 e. The van der Waals surface area contributed by atoms with E-state index in [1.807, 2.05) is 0 Å². The number of benzene rings is 1. The molecule has 0 saturated heterocycles. The van der Waals surface area contributed by atoms with Crippen LogP contribution in [0.1, 0.15) is 0 Å². The van der Waals surface area contributed by atoms with Gasteiger partial charge in [0, 0.05) is 37.2 Å². The van der Waals surface area contributed by atoms with Gasteiger partial charge in [-0.15, -0.1) is 0 Å². The second kappa shape index (κ2) is 7.33. The van der Waals surface area contributed by atoms with Crippen molar-refractivity contribution in [2.24, 2.45) is 0 Å². The van der Waals surface area contributed by atoms with Crippen LogP contribution in [0.2, 0.25) is 10.0 Å². The lowest BCUT2D eigenvalue weighted by Gasteiger charge is -2.23. The molecule has 1 aromatic rings. The molecule has 0 spiro atoms. The summed E-state index contributed by atoms with van der Waals surface area (Å²) in [4.78, 5) is 0. The molecule has 0 saturated carbocycles. The lowest BCUT2D eigenvalue weighted by Crippen LogP contribution is -2.42. The van der Waals surface area contributed by atoms with E-state index in [1.54, 1.807) is 0 Å². The zero-order valence-corrected chi connectivity index (χ0v) is 15.4. The summed E-state index contributed by atoms with van der Waals surface area (Å²) >= 11 is 11.7. The van der Waals surface area contributed by atoms with Gasteiger partial charge >= 0.3 is 0 Å². The monoisotopic (exact) mass is 389 g/mol. The SMILES string of the molecule is CN(C)S(=O)(=O)NCCN(c1cc(Cl)cc(Cl)c1)S(C)(=O)=O. The van der Waals surface area contributed by atoms with Gasteiger partial charge in [0.2, 0.25) is 10.0 Å². The molecule has 0 radical (unpaired) electrons. The fraction of sp³-hybridized carbons (Fsp3) is 0.455. The van der Waals surface area contributed by atoms with Crippen molar-refractivity contribution in [1.29, 1.82) is 0 Å². The Morgan fingerprint density at radius 3 is 1.95 bits per heavy atom. The molecular weight excluding hydrogens is 373 g/mol. The van der Waals surface area contributed by atoms with Crippen LogP contribution in [0.4, 0.5) is 5.69 Å². The fourth-order valence-corrected chi connectivity index (χ4v) is 3.61. The summed E-state index contributed by atoms with van der Waals surface area (Å²) in [6.07, 6.45) is 1.02. The molecule has 1 rings (SSSR count). The third-order valence-corrected chi connectivity index (χ3v) is 5.78. The zero-order valence-electron chi connectivity index (χ0n) is 12.2. The zero-order chi connectivity index (χ0) is 17.1. The molecule has 0 aromatic heterocycles. The Balaban J connectivity index is 2.97. The van der Waals surface area contributed by atoms with Crippen LogP contribution in [-0.2, 0) is 20.2 Å². The third kappa shape index (κ3) is 5.56. The summed E-state index contributed by atoms with van der Waals surface area (Å²) in [5.74, 6) is 0. The summed E-state index contributed by atoms with van der Waals surface area (Å²) in [5, 5.41) is 0.565. The Morgan fingerprint density at radius 1 is 1.05 bits per heavy atom. The Morgan fingerprint density at radius 2 is 1.55 bits per heavy atom. The second-order valence-corrected chi connectivity index (χ2v) is 9.39. The van der Waals surface area contributed by atoms with Crippen molar-refractivity contribution in [3.05, 3.63) is 28.2 Å². The summed E-state index contributed by atoms with van der Waals surface area (Å²) in [7, 11) is -4.51. The van der Waals surface area contributed by atoms with E-state index >= 15 is 0 Å². The van der Waals surface area contributed by atoms with Gasteiger partial charge in [-0.05, 0) is 18.2 Å². The Hall–Kier alpha value is -0.580. The highest BCUT2D eigenvalue weighted by molar-refractivity contribution is 7.92. The molecule has 0 amide bonds. The summed E-state index contributed by atoms with van der Waals surface area (Å²) in [5.41, 5.74) is 0.268. The topological polar surface area (TPSA) is 86.8 Å². The minimum absolute atomic E-state index is 0.0947. The molecule has 11 heteroatoms. The Kier molecular flexibility index (Phi) is 6.48. The van der Waals surface area contributed by atoms with E-state index in [2.05, 4.69) is 4.72 Å². The maximum atomic E-state index is 11.9. The average Bonchev–Trinajstić information content (AvgIpc) is 2.31. The van der Waals surface area contributed by atoms with E-state index in [4.69, 9.17) is 23.2 Å². The van der Waals surface area contributed by atoms with Crippen molar-refractivity contribution in [3.8, 4) is 0 Å². The van der Waals surface area contributed by atoms with Gasteiger partial charge in [-0.3, -0.25) is 4.31 Å². The standard InChI is InChI=1S/C11H17Cl2N3O4S2/c1-15(2)22(19,20)14-4-5-16(21(3,17)18)11-7-9(12)6-10(13)8-11/h6-8,14H,4-5H2,1-3H3. The van der Waals surface area contributed by atoms with E-state index in [0.717, 1.165) is 14.9 Å². The quantitative estimate of drug-likeness (QED) is 0.757. The smallest absolute Gasteiger partial charge is 0.269 e. The van der Waals surface area contributed by atoms with Crippen LogP contribution in [0.3, 0.4) is 0 Å². The first-order chi connectivity index (χ1) is 9.93. The van der Waals surface area contributed by atoms with E-state index in [9.17, 15) is 16.8 Å². The number of rotatable bonds is 7.